The van der Waals surface area contributed by atoms with Crippen molar-refractivity contribution in [2.45, 2.75) is 33.2 Å². The lowest BCUT2D eigenvalue weighted by molar-refractivity contribution is 0.0536. The molecule has 1 N–H and O–H groups in total. The molecule has 0 spiro atoms. The molecule has 1 saturated heterocycles. The standard InChI is InChI=1S/C18H31N3O2S.HI/c1-4-16-6-7-17(24-16)12-20-18(19-5-2)21-9-8-15(13-21)14-23-11-10-22-3;/h6-7,15H,4-5,8-14H2,1-3H3,(H,19,20);1H. The van der Waals surface area contributed by atoms with Gasteiger partial charge in [-0.2, -0.15) is 0 Å². The van der Waals surface area contributed by atoms with Gasteiger partial charge in [0.05, 0.1) is 26.4 Å². The molecule has 0 aromatic carbocycles. The van der Waals surface area contributed by atoms with Crippen molar-refractivity contribution in [3.05, 3.63) is 21.9 Å². The van der Waals surface area contributed by atoms with E-state index in [1.54, 1.807) is 7.11 Å². The number of aliphatic imine (C=N–C) groups is 1. The van der Waals surface area contributed by atoms with Crippen molar-refractivity contribution in [2.24, 2.45) is 10.9 Å². The zero-order valence-corrected chi connectivity index (χ0v) is 18.8. The van der Waals surface area contributed by atoms with E-state index in [-0.39, 0.29) is 24.0 Å². The third-order valence-corrected chi connectivity index (χ3v) is 5.37. The molecule has 0 amide bonds. The zero-order chi connectivity index (χ0) is 17.2. The van der Waals surface area contributed by atoms with Crippen LogP contribution in [0.4, 0.5) is 0 Å². The maximum Gasteiger partial charge on any atom is 0.194 e. The number of hydrogen-bond acceptors (Lipinski definition) is 4. The normalized spacial score (nSPS) is 17.6. The fourth-order valence-electron chi connectivity index (χ4n) is 2.83. The van der Waals surface area contributed by atoms with Crippen LogP contribution in [0.1, 0.15) is 30.0 Å². The highest BCUT2D eigenvalue weighted by Gasteiger charge is 2.24. The first-order valence-corrected chi connectivity index (χ1v) is 9.76. The largest absolute Gasteiger partial charge is 0.382 e. The van der Waals surface area contributed by atoms with Gasteiger partial charge in [0.25, 0.3) is 0 Å². The monoisotopic (exact) mass is 481 g/mol. The number of thiophene rings is 1. The van der Waals surface area contributed by atoms with Crippen LogP contribution >= 0.6 is 35.3 Å². The van der Waals surface area contributed by atoms with E-state index in [2.05, 4.69) is 36.2 Å². The van der Waals surface area contributed by atoms with Gasteiger partial charge in [-0.15, -0.1) is 35.3 Å². The minimum Gasteiger partial charge on any atom is -0.382 e. The molecule has 0 aliphatic carbocycles. The van der Waals surface area contributed by atoms with Crippen LogP contribution < -0.4 is 5.32 Å². The molecule has 0 bridgehead atoms. The molecule has 0 radical (unpaired) electrons. The average Bonchev–Trinajstić information content (AvgIpc) is 3.25. The predicted molar refractivity (Wildman–Crippen MR) is 116 cm³/mol. The van der Waals surface area contributed by atoms with Crippen LogP contribution in [-0.2, 0) is 22.4 Å². The first kappa shape index (κ1) is 22.7. The summed E-state index contributed by atoms with van der Waals surface area (Å²) in [6, 6.07) is 4.42. The van der Waals surface area contributed by atoms with Crippen molar-refractivity contribution in [3.63, 3.8) is 0 Å². The fraction of sp³-hybridized carbons (Fsp3) is 0.722. The summed E-state index contributed by atoms with van der Waals surface area (Å²) in [5.74, 6) is 1.61. The van der Waals surface area contributed by atoms with Crippen LogP contribution in [0.5, 0.6) is 0 Å². The molecule has 7 heteroatoms. The van der Waals surface area contributed by atoms with E-state index in [4.69, 9.17) is 14.5 Å². The second-order valence-corrected chi connectivity index (χ2v) is 7.31. The van der Waals surface area contributed by atoms with E-state index in [0.29, 0.717) is 19.1 Å². The molecule has 5 nitrogen and oxygen atoms in total. The Morgan fingerprint density at radius 3 is 2.80 bits per heavy atom. The van der Waals surface area contributed by atoms with Gasteiger partial charge in [0.15, 0.2) is 5.96 Å². The molecule has 1 aliphatic heterocycles. The molecule has 1 aliphatic rings. The van der Waals surface area contributed by atoms with Crippen LogP contribution in [0, 0.1) is 5.92 Å². The third kappa shape index (κ3) is 7.80. The Morgan fingerprint density at radius 2 is 2.12 bits per heavy atom. The number of rotatable bonds is 9. The molecule has 0 saturated carbocycles. The lowest BCUT2D eigenvalue weighted by atomic mass is 10.1. The first-order valence-electron chi connectivity index (χ1n) is 8.94. The molecule has 2 rings (SSSR count). The second-order valence-electron chi connectivity index (χ2n) is 6.06. The van der Waals surface area contributed by atoms with Gasteiger partial charge in [-0.3, -0.25) is 0 Å². The number of aryl methyl sites for hydroxylation is 1. The zero-order valence-electron chi connectivity index (χ0n) is 15.6. The van der Waals surface area contributed by atoms with Crippen LogP contribution in [0.2, 0.25) is 0 Å². The molecule has 25 heavy (non-hydrogen) atoms. The molecule has 1 unspecified atom stereocenters. The Kier molecular flexibility index (Phi) is 11.7. The highest BCUT2D eigenvalue weighted by Crippen LogP contribution is 2.19. The predicted octanol–water partition coefficient (Wildman–Crippen LogP) is 3.38. The lowest BCUT2D eigenvalue weighted by Crippen LogP contribution is -2.40. The lowest BCUT2D eigenvalue weighted by Gasteiger charge is -2.21. The summed E-state index contributed by atoms with van der Waals surface area (Å²) in [6.07, 6.45) is 2.27. The van der Waals surface area contributed by atoms with Crippen LogP contribution in [0.25, 0.3) is 0 Å². The third-order valence-electron chi connectivity index (χ3n) is 4.16. The van der Waals surface area contributed by atoms with Crippen LogP contribution in [-0.4, -0.2) is 57.4 Å². The molecule has 1 atom stereocenters. The van der Waals surface area contributed by atoms with Crippen LogP contribution in [0.15, 0.2) is 17.1 Å². The average molecular weight is 481 g/mol. The number of guanidine groups is 1. The summed E-state index contributed by atoms with van der Waals surface area (Å²) < 4.78 is 10.7. The van der Waals surface area contributed by atoms with Crippen molar-refractivity contribution in [1.29, 1.82) is 0 Å². The van der Waals surface area contributed by atoms with E-state index in [0.717, 1.165) is 51.6 Å². The maximum atomic E-state index is 5.68. The van der Waals surface area contributed by atoms with Crippen molar-refractivity contribution >= 4 is 41.3 Å². The minimum atomic E-state index is 0. The molecule has 144 valence electrons. The Hall–Kier alpha value is -0.380. The molecule has 1 fully saturated rings. The number of nitrogens with zero attached hydrogens (tertiary/aromatic N) is 2. The summed E-state index contributed by atoms with van der Waals surface area (Å²) in [7, 11) is 1.71. The van der Waals surface area contributed by atoms with Gasteiger partial charge in [0.1, 0.15) is 0 Å². The van der Waals surface area contributed by atoms with Gasteiger partial charge in [0, 0.05) is 42.4 Å². The summed E-state index contributed by atoms with van der Waals surface area (Å²) >= 11 is 1.87. The topological polar surface area (TPSA) is 46.1 Å². The quantitative estimate of drug-likeness (QED) is 0.254. The van der Waals surface area contributed by atoms with Gasteiger partial charge < -0.3 is 19.7 Å². The number of likely N-dealkylation sites (tertiary alicyclic amines) is 1. The Morgan fingerprint density at radius 1 is 1.32 bits per heavy atom. The van der Waals surface area contributed by atoms with Crippen molar-refractivity contribution in [3.8, 4) is 0 Å². The Balaban J connectivity index is 0.00000312. The van der Waals surface area contributed by atoms with Gasteiger partial charge in [0.2, 0.25) is 0 Å². The van der Waals surface area contributed by atoms with Crippen molar-refractivity contribution in [1.82, 2.24) is 10.2 Å². The molecule has 1 aromatic rings. The highest BCUT2D eigenvalue weighted by molar-refractivity contribution is 14.0. The molecule has 2 heterocycles. The van der Waals surface area contributed by atoms with Gasteiger partial charge in [-0.05, 0) is 31.9 Å². The van der Waals surface area contributed by atoms with E-state index >= 15 is 0 Å². The number of ether oxygens (including phenoxy) is 2. The smallest absolute Gasteiger partial charge is 0.194 e. The van der Waals surface area contributed by atoms with Crippen molar-refractivity contribution < 1.29 is 9.47 Å². The van der Waals surface area contributed by atoms with Gasteiger partial charge >= 0.3 is 0 Å². The maximum absolute atomic E-state index is 5.68. The van der Waals surface area contributed by atoms with E-state index < -0.39 is 0 Å². The summed E-state index contributed by atoms with van der Waals surface area (Å²) in [6.45, 7) is 10.2. The minimum absolute atomic E-state index is 0. The van der Waals surface area contributed by atoms with E-state index in [1.807, 2.05) is 11.3 Å². The molecule has 1 aromatic heterocycles. The fourth-order valence-corrected chi connectivity index (χ4v) is 3.71. The summed E-state index contributed by atoms with van der Waals surface area (Å²) in [5.41, 5.74) is 0. The number of hydrogen-bond donors (Lipinski definition) is 1. The highest BCUT2D eigenvalue weighted by atomic mass is 127. The van der Waals surface area contributed by atoms with Crippen LogP contribution in [0.3, 0.4) is 0 Å². The first-order chi connectivity index (χ1) is 11.8. The Bertz CT molecular complexity index is 510. The Labute approximate surface area is 173 Å². The number of methoxy groups -OCH3 is 1. The van der Waals surface area contributed by atoms with Gasteiger partial charge in [-0.1, -0.05) is 6.92 Å². The SMILES string of the molecule is CCNC(=NCc1ccc(CC)s1)N1CCC(COCCOC)C1.I. The number of halogens is 1. The molecular formula is C18H32IN3O2S. The summed E-state index contributed by atoms with van der Waals surface area (Å²) in [4.78, 5) is 9.97. The summed E-state index contributed by atoms with van der Waals surface area (Å²) in [5, 5.41) is 3.43. The van der Waals surface area contributed by atoms with E-state index in [9.17, 15) is 0 Å². The van der Waals surface area contributed by atoms with E-state index in [1.165, 1.54) is 9.75 Å². The number of nitrogens with one attached hydrogen (secondary N) is 1. The second kappa shape index (κ2) is 12.9. The molecular weight excluding hydrogens is 449 g/mol. The van der Waals surface area contributed by atoms with Gasteiger partial charge in [-0.25, -0.2) is 4.99 Å². The van der Waals surface area contributed by atoms with Crippen molar-refractivity contribution in [2.75, 3.05) is 46.6 Å².